The zero-order valence-electron chi connectivity index (χ0n) is 25.2. The lowest BCUT2D eigenvalue weighted by Crippen LogP contribution is -2.36. The van der Waals surface area contributed by atoms with E-state index in [1.165, 1.54) is 22.6 Å². The van der Waals surface area contributed by atoms with Crippen molar-refractivity contribution >= 4 is 17.8 Å². The van der Waals surface area contributed by atoms with E-state index in [0.717, 1.165) is 43.7 Å². The highest BCUT2D eigenvalue weighted by Gasteiger charge is 2.35. The number of aryl methyl sites for hydroxylation is 2. The zero-order chi connectivity index (χ0) is 31.1. The number of halogens is 1. The van der Waals surface area contributed by atoms with Crippen LogP contribution in [-0.2, 0) is 31.8 Å². The number of nitrogens with one attached hydrogen (secondary N) is 1. The summed E-state index contributed by atoms with van der Waals surface area (Å²) in [4.78, 5) is 33.0. The van der Waals surface area contributed by atoms with Crippen LogP contribution in [0.4, 0.5) is 15.0 Å². The third kappa shape index (κ3) is 10.0. The van der Waals surface area contributed by atoms with Crippen molar-refractivity contribution in [1.82, 2.24) is 14.8 Å². The third-order valence-electron chi connectivity index (χ3n) is 7.52. The number of ether oxygens (including phenoxy) is 4. The first kappa shape index (κ1) is 33.4. The minimum atomic E-state index is -1.07. The van der Waals surface area contributed by atoms with Gasteiger partial charge < -0.3 is 44.9 Å². The molecule has 0 radical (unpaired) electrons. The summed E-state index contributed by atoms with van der Waals surface area (Å²) in [6.07, 6.45) is 3.27. The first-order valence-corrected chi connectivity index (χ1v) is 15.3. The molecule has 1 atom stereocenters. The number of carboxylic acids is 1. The van der Waals surface area contributed by atoms with Gasteiger partial charge in [0.05, 0.1) is 52.1 Å². The highest BCUT2D eigenvalue weighted by atomic mass is 19.1. The number of benzene rings is 1. The number of aliphatic carboxylic acids is 1. The molecule has 0 bridgehead atoms. The minimum absolute atomic E-state index is 0.0279. The van der Waals surface area contributed by atoms with Crippen LogP contribution >= 0.6 is 0 Å². The SMILES string of the molecule is NCCOCCOCCOCCOc1ccc([C@H](CC(=O)O)N2CCN(CCCc3ccc4c(n3)NCCC4)C2=O)cc1F. The van der Waals surface area contributed by atoms with E-state index in [2.05, 4.69) is 11.4 Å². The first-order chi connectivity index (χ1) is 21.5. The Morgan fingerprint density at radius 3 is 2.52 bits per heavy atom. The van der Waals surface area contributed by atoms with Crippen LogP contribution in [0.5, 0.6) is 5.75 Å². The smallest absolute Gasteiger partial charge is 0.320 e. The lowest BCUT2D eigenvalue weighted by Gasteiger charge is -2.27. The molecule has 1 aromatic carbocycles. The Bertz CT molecular complexity index is 1220. The number of amides is 2. The van der Waals surface area contributed by atoms with Crippen LogP contribution in [0.2, 0.25) is 0 Å². The average molecular weight is 618 g/mol. The number of anilines is 1. The Hall–Kier alpha value is -3.52. The van der Waals surface area contributed by atoms with Crippen molar-refractivity contribution < 1.29 is 38.0 Å². The summed E-state index contributed by atoms with van der Waals surface area (Å²) >= 11 is 0. The molecule has 13 heteroatoms. The van der Waals surface area contributed by atoms with Gasteiger partial charge in [0.15, 0.2) is 11.6 Å². The van der Waals surface area contributed by atoms with E-state index in [-0.39, 0.29) is 31.4 Å². The van der Waals surface area contributed by atoms with E-state index in [9.17, 15) is 19.1 Å². The van der Waals surface area contributed by atoms with Gasteiger partial charge in [0, 0.05) is 38.4 Å². The number of fused-ring (bicyclic) bond motifs is 1. The fourth-order valence-corrected chi connectivity index (χ4v) is 5.31. The summed E-state index contributed by atoms with van der Waals surface area (Å²) in [7, 11) is 0. The predicted octanol–water partition coefficient (Wildman–Crippen LogP) is 2.85. The van der Waals surface area contributed by atoms with Crippen molar-refractivity contribution in [2.75, 3.05) is 84.3 Å². The second kappa shape index (κ2) is 17.7. The molecule has 0 saturated carbocycles. The lowest BCUT2D eigenvalue weighted by atomic mass is 10.0. The van der Waals surface area contributed by atoms with Crippen molar-refractivity contribution in [3.8, 4) is 5.75 Å². The number of urea groups is 1. The average Bonchev–Trinajstić information content (AvgIpc) is 3.38. The van der Waals surface area contributed by atoms with Crippen LogP contribution in [-0.4, -0.2) is 111 Å². The molecule has 3 heterocycles. The number of hydrogen-bond donors (Lipinski definition) is 3. The zero-order valence-corrected chi connectivity index (χ0v) is 25.2. The maximum Gasteiger partial charge on any atom is 0.320 e. The van der Waals surface area contributed by atoms with Gasteiger partial charge in [-0.15, -0.1) is 0 Å². The summed E-state index contributed by atoms with van der Waals surface area (Å²) in [5, 5.41) is 12.9. The van der Waals surface area contributed by atoms with Crippen molar-refractivity contribution in [1.29, 1.82) is 0 Å². The fourth-order valence-electron chi connectivity index (χ4n) is 5.31. The molecule has 44 heavy (non-hydrogen) atoms. The summed E-state index contributed by atoms with van der Waals surface area (Å²) in [6, 6.07) is 7.43. The molecule has 242 valence electrons. The van der Waals surface area contributed by atoms with E-state index in [4.69, 9.17) is 29.7 Å². The second-order valence-electron chi connectivity index (χ2n) is 10.7. The van der Waals surface area contributed by atoms with Crippen LogP contribution in [0, 0.1) is 5.82 Å². The number of aromatic nitrogens is 1. The Labute approximate surface area is 257 Å². The molecule has 4 rings (SSSR count). The Kier molecular flexibility index (Phi) is 13.4. The maximum atomic E-state index is 15.0. The summed E-state index contributed by atoms with van der Waals surface area (Å²) in [5.74, 6) is -0.722. The highest BCUT2D eigenvalue weighted by Crippen LogP contribution is 2.31. The highest BCUT2D eigenvalue weighted by molar-refractivity contribution is 5.78. The van der Waals surface area contributed by atoms with Gasteiger partial charge in [0.25, 0.3) is 0 Å². The molecule has 0 aliphatic carbocycles. The number of nitrogens with two attached hydrogens (primary N) is 1. The summed E-state index contributed by atoms with van der Waals surface area (Å²) in [5.41, 5.74) is 7.96. The van der Waals surface area contributed by atoms with Crippen LogP contribution in [0.1, 0.15) is 42.1 Å². The molecule has 1 fully saturated rings. The van der Waals surface area contributed by atoms with Crippen LogP contribution in [0.25, 0.3) is 0 Å². The van der Waals surface area contributed by atoms with Gasteiger partial charge >= 0.3 is 12.0 Å². The molecule has 4 N–H and O–H groups in total. The van der Waals surface area contributed by atoms with E-state index >= 15 is 0 Å². The van der Waals surface area contributed by atoms with Gasteiger partial charge in [-0.25, -0.2) is 14.2 Å². The topological polar surface area (TPSA) is 149 Å². The molecular formula is C31H44FN5O7. The van der Waals surface area contributed by atoms with E-state index in [1.54, 1.807) is 11.0 Å². The predicted molar refractivity (Wildman–Crippen MR) is 161 cm³/mol. The van der Waals surface area contributed by atoms with Gasteiger partial charge in [-0.1, -0.05) is 12.1 Å². The van der Waals surface area contributed by atoms with Crippen molar-refractivity contribution in [3.05, 3.63) is 53.0 Å². The van der Waals surface area contributed by atoms with Gasteiger partial charge in [-0.2, -0.15) is 0 Å². The van der Waals surface area contributed by atoms with Gasteiger partial charge in [0.2, 0.25) is 0 Å². The number of nitrogens with zero attached hydrogens (tertiary/aromatic N) is 3. The monoisotopic (exact) mass is 617 g/mol. The largest absolute Gasteiger partial charge is 0.488 e. The number of pyridine rings is 1. The third-order valence-corrected chi connectivity index (χ3v) is 7.52. The molecule has 1 saturated heterocycles. The quantitative estimate of drug-likeness (QED) is 0.189. The van der Waals surface area contributed by atoms with Crippen molar-refractivity contribution in [2.24, 2.45) is 5.73 Å². The molecule has 0 spiro atoms. The minimum Gasteiger partial charge on any atom is -0.488 e. The molecule has 2 aliphatic heterocycles. The normalized spacial score (nSPS) is 15.3. The molecule has 2 aromatic rings. The number of carbonyl (C=O) groups is 2. The van der Waals surface area contributed by atoms with Crippen LogP contribution < -0.4 is 15.8 Å². The number of carbonyl (C=O) groups excluding carboxylic acids is 1. The molecule has 2 amide bonds. The van der Waals surface area contributed by atoms with Gasteiger partial charge in [0.1, 0.15) is 12.4 Å². The number of rotatable bonds is 20. The maximum absolute atomic E-state index is 15.0. The van der Waals surface area contributed by atoms with Gasteiger partial charge in [-0.05, 0) is 55.0 Å². The molecule has 1 aromatic heterocycles. The number of hydrogen-bond acceptors (Lipinski definition) is 9. The molecule has 2 aliphatic rings. The van der Waals surface area contributed by atoms with Crippen LogP contribution in [0.3, 0.4) is 0 Å². The van der Waals surface area contributed by atoms with E-state index < -0.39 is 17.8 Å². The standard InChI is InChI=1S/C31H44FN5O7/c32-26-21-24(6-8-28(26)44-20-19-43-18-17-42-16-15-41-14-9-33)27(22-29(38)39)37-13-12-36(31(37)40)11-2-4-25-7-5-23-3-1-10-34-30(23)35-25/h5-8,21,27H,1-4,9-20,22,33H2,(H,34,35)(H,38,39)/t27-/m0/s1. The Morgan fingerprint density at radius 1 is 1.05 bits per heavy atom. The van der Waals surface area contributed by atoms with Crippen molar-refractivity contribution in [2.45, 2.75) is 38.1 Å². The summed E-state index contributed by atoms with van der Waals surface area (Å²) < 4.78 is 36.5. The lowest BCUT2D eigenvalue weighted by molar-refractivity contribution is -0.138. The second-order valence-corrected chi connectivity index (χ2v) is 10.7. The fraction of sp³-hybridized carbons (Fsp3) is 0.581. The van der Waals surface area contributed by atoms with E-state index in [0.29, 0.717) is 64.8 Å². The van der Waals surface area contributed by atoms with E-state index in [1.807, 2.05) is 6.07 Å². The Balaban J connectivity index is 1.23. The Morgan fingerprint density at radius 2 is 1.80 bits per heavy atom. The number of carboxylic acid groups (broad SMARTS) is 1. The first-order valence-electron chi connectivity index (χ1n) is 15.3. The van der Waals surface area contributed by atoms with Crippen LogP contribution in [0.15, 0.2) is 30.3 Å². The van der Waals surface area contributed by atoms with Crippen molar-refractivity contribution in [3.63, 3.8) is 0 Å². The molecular weight excluding hydrogens is 573 g/mol. The molecule has 12 nitrogen and oxygen atoms in total. The summed E-state index contributed by atoms with van der Waals surface area (Å²) in [6.45, 7) is 5.32. The van der Waals surface area contributed by atoms with Gasteiger partial charge in [-0.3, -0.25) is 4.79 Å². The molecule has 0 unspecified atom stereocenters.